The Kier molecular flexibility index (Phi) is 4.66. The first-order valence-electron chi connectivity index (χ1n) is 7.22. The van der Waals surface area contributed by atoms with Crippen molar-refractivity contribution in [3.63, 3.8) is 0 Å². The molecule has 0 aromatic carbocycles. The minimum atomic E-state index is 0.787. The van der Waals surface area contributed by atoms with E-state index < -0.39 is 0 Å². The maximum Gasteiger partial charge on any atom is 0.0104 e. The van der Waals surface area contributed by atoms with Crippen LogP contribution < -0.4 is 5.32 Å². The van der Waals surface area contributed by atoms with Crippen LogP contribution in [0.1, 0.15) is 51.9 Å². The van der Waals surface area contributed by atoms with Gasteiger partial charge in [0.1, 0.15) is 0 Å². The molecule has 0 aromatic heterocycles. The van der Waals surface area contributed by atoms with Crippen molar-refractivity contribution in [1.82, 2.24) is 10.2 Å². The van der Waals surface area contributed by atoms with Crippen LogP contribution >= 0.6 is 0 Å². The third-order valence-corrected chi connectivity index (χ3v) is 4.69. The molecular formula is C14H28N2. The van der Waals surface area contributed by atoms with E-state index in [0.29, 0.717) is 0 Å². The summed E-state index contributed by atoms with van der Waals surface area (Å²) in [6, 6.07) is 1.61. The van der Waals surface area contributed by atoms with Crippen molar-refractivity contribution in [3.05, 3.63) is 0 Å². The Bertz CT molecular complexity index is 205. The lowest BCUT2D eigenvalue weighted by Crippen LogP contribution is -2.41. The summed E-state index contributed by atoms with van der Waals surface area (Å²) in [7, 11) is 2.13. The molecular weight excluding hydrogens is 196 g/mol. The Hall–Kier alpha value is -0.0800. The van der Waals surface area contributed by atoms with Gasteiger partial charge < -0.3 is 10.2 Å². The fourth-order valence-electron chi connectivity index (χ4n) is 3.54. The molecule has 16 heavy (non-hydrogen) atoms. The van der Waals surface area contributed by atoms with E-state index in [1.54, 1.807) is 0 Å². The lowest BCUT2D eigenvalue weighted by atomic mass is 10.0. The SMILES string of the molecule is CNC1CCCC1CN1CCCCCC1C. The predicted molar refractivity (Wildman–Crippen MR) is 69.7 cm³/mol. The summed E-state index contributed by atoms with van der Waals surface area (Å²) in [6.45, 7) is 5.11. The molecule has 0 spiro atoms. The second-order valence-corrected chi connectivity index (χ2v) is 5.78. The van der Waals surface area contributed by atoms with E-state index in [1.165, 1.54) is 58.0 Å². The predicted octanol–water partition coefficient (Wildman–Crippen LogP) is 2.64. The van der Waals surface area contributed by atoms with Crippen LogP contribution in [0.2, 0.25) is 0 Å². The van der Waals surface area contributed by atoms with Crippen LogP contribution in [0.3, 0.4) is 0 Å². The molecule has 1 saturated carbocycles. The largest absolute Gasteiger partial charge is 0.317 e. The number of likely N-dealkylation sites (tertiary alicyclic amines) is 1. The van der Waals surface area contributed by atoms with Crippen LogP contribution in [0.15, 0.2) is 0 Å². The maximum absolute atomic E-state index is 3.51. The number of hydrogen-bond donors (Lipinski definition) is 1. The highest BCUT2D eigenvalue weighted by Gasteiger charge is 2.29. The van der Waals surface area contributed by atoms with Gasteiger partial charge in [0, 0.05) is 18.6 Å². The Labute approximate surface area is 101 Å². The Morgan fingerprint density at radius 3 is 2.75 bits per heavy atom. The first-order chi connectivity index (χ1) is 7.81. The van der Waals surface area contributed by atoms with Crippen molar-refractivity contribution in [1.29, 1.82) is 0 Å². The van der Waals surface area contributed by atoms with E-state index >= 15 is 0 Å². The van der Waals surface area contributed by atoms with Crippen LogP contribution in [-0.4, -0.2) is 37.1 Å². The number of hydrogen-bond acceptors (Lipinski definition) is 2. The second kappa shape index (κ2) is 6.02. The van der Waals surface area contributed by atoms with Gasteiger partial charge in [-0.15, -0.1) is 0 Å². The van der Waals surface area contributed by atoms with Crippen molar-refractivity contribution >= 4 is 0 Å². The van der Waals surface area contributed by atoms with Crippen molar-refractivity contribution < 1.29 is 0 Å². The fraction of sp³-hybridized carbons (Fsp3) is 1.00. The summed E-state index contributed by atoms with van der Waals surface area (Å²) < 4.78 is 0. The molecule has 0 radical (unpaired) electrons. The van der Waals surface area contributed by atoms with E-state index in [9.17, 15) is 0 Å². The Balaban J connectivity index is 1.86. The monoisotopic (exact) mass is 224 g/mol. The van der Waals surface area contributed by atoms with Crippen molar-refractivity contribution in [2.24, 2.45) is 5.92 Å². The molecule has 1 N–H and O–H groups in total. The molecule has 1 saturated heterocycles. The third-order valence-electron chi connectivity index (χ3n) is 4.69. The minimum absolute atomic E-state index is 0.787. The molecule has 1 heterocycles. The first kappa shape index (κ1) is 12.4. The molecule has 94 valence electrons. The van der Waals surface area contributed by atoms with Crippen LogP contribution in [-0.2, 0) is 0 Å². The molecule has 3 atom stereocenters. The lowest BCUT2D eigenvalue weighted by molar-refractivity contribution is 0.171. The zero-order valence-electron chi connectivity index (χ0n) is 11.0. The summed E-state index contributed by atoms with van der Waals surface area (Å²) in [4.78, 5) is 2.76. The highest BCUT2D eigenvalue weighted by atomic mass is 15.2. The van der Waals surface area contributed by atoms with Crippen molar-refractivity contribution in [3.8, 4) is 0 Å². The second-order valence-electron chi connectivity index (χ2n) is 5.78. The topological polar surface area (TPSA) is 15.3 Å². The number of rotatable bonds is 3. The van der Waals surface area contributed by atoms with Gasteiger partial charge in [-0.1, -0.05) is 19.3 Å². The van der Waals surface area contributed by atoms with Gasteiger partial charge in [-0.05, 0) is 52.1 Å². The van der Waals surface area contributed by atoms with Gasteiger partial charge in [-0.2, -0.15) is 0 Å². The molecule has 2 nitrogen and oxygen atoms in total. The summed E-state index contributed by atoms with van der Waals surface area (Å²) >= 11 is 0. The van der Waals surface area contributed by atoms with Gasteiger partial charge >= 0.3 is 0 Å². The summed E-state index contributed by atoms with van der Waals surface area (Å²) in [6.07, 6.45) is 9.98. The third kappa shape index (κ3) is 2.98. The summed E-state index contributed by atoms with van der Waals surface area (Å²) in [5.74, 6) is 0.908. The smallest absolute Gasteiger partial charge is 0.0104 e. The van der Waals surface area contributed by atoms with Crippen molar-refractivity contribution in [2.45, 2.75) is 64.0 Å². The molecule has 0 amide bonds. The normalized spacial score (nSPS) is 37.5. The van der Waals surface area contributed by atoms with Gasteiger partial charge in [-0.25, -0.2) is 0 Å². The van der Waals surface area contributed by atoms with Gasteiger partial charge in [0.15, 0.2) is 0 Å². The highest BCUT2D eigenvalue weighted by Crippen LogP contribution is 2.28. The maximum atomic E-state index is 3.51. The Morgan fingerprint density at radius 1 is 1.06 bits per heavy atom. The van der Waals surface area contributed by atoms with Crippen LogP contribution in [0.4, 0.5) is 0 Å². The van der Waals surface area contributed by atoms with E-state index in [0.717, 1.165) is 18.0 Å². The molecule has 0 aromatic rings. The lowest BCUT2D eigenvalue weighted by Gasteiger charge is -2.31. The standard InChI is InChI=1S/C14H28N2/c1-12-7-4-3-5-10-16(12)11-13-8-6-9-14(13)15-2/h12-15H,3-11H2,1-2H3. The molecule has 2 heteroatoms. The molecule has 2 aliphatic rings. The van der Waals surface area contributed by atoms with E-state index in [1.807, 2.05) is 0 Å². The molecule has 2 rings (SSSR count). The summed E-state index contributed by atoms with van der Waals surface area (Å²) in [5.41, 5.74) is 0. The number of nitrogens with one attached hydrogen (secondary N) is 1. The average molecular weight is 224 g/mol. The number of nitrogens with zero attached hydrogens (tertiary/aromatic N) is 1. The summed E-state index contributed by atoms with van der Waals surface area (Å²) in [5, 5.41) is 3.51. The first-order valence-corrected chi connectivity index (χ1v) is 7.22. The van der Waals surface area contributed by atoms with Gasteiger partial charge in [-0.3, -0.25) is 0 Å². The van der Waals surface area contributed by atoms with E-state index in [2.05, 4.69) is 24.2 Å². The zero-order chi connectivity index (χ0) is 11.4. The Morgan fingerprint density at radius 2 is 1.94 bits per heavy atom. The molecule has 0 bridgehead atoms. The highest BCUT2D eigenvalue weighted by molar-refractivity contribution is 4.86. The van der Waals surface area contributed by atoms with Crippen LogP contribution in [0.25, 0.3) is 0 Å². The van der Waals surface area contributed by atoms with Crippen LogP contribution in [0, 0.1) is 5.92 Å². The average Bonchev–Trinajstić information content (AvgIpc) is 2.64. The molecule has 2 fully saturated rings. The van der Waals surface area contributed by atoms with E-state index in [-0.39, 0.29) is 0 Å². The van der Waals surface area contributed by atoms with Gasteiger partial charge in [0.2, 0.25) is 0 Å². The van der Waals surface area contributed by atoms with Crippen LogP contribution in [0.5, 0.6) is 0 Å². The molecule has 1 aliphatic carbocycles. The molecule has 1 aliphatic heterocycles. The zero-order valence-corrected chi connectivity index (χ0v) is 11.0. The van der Waals surface area contributed by atoms with Crippen molar-refractivity contribution in [2.75, 3.05) is 20.1 Å². The van der Waals surface area contributed by atoms with Gasteiger partial charge in [0.05, 0.1) is 0 Å². The van der Waals surface area contributed by atoms with Gasteiger partial charge in [0.25, 0.3) is 0 Å². The minimum Gasteiger partial charge on any atom is -0.317 e. The van der Waals surface area contributed by atoms with E-state index in [4.69, 9.17) is 0 Å². The quantitative estimate of drug-likeness (QED) is 0.793. The molecule has 3 unspecified atom stereocenters. The fourth-order valence-corrected chi connectivity index (χ4v) is 3.54.